The van der Waals surface area contributed by atoms with Crippen molar-refractivity contribution in [1.29, 1.82) is 0 Å². The molecule has 1 amide bonds. The summed E-state index contributed by atoms with van der Waals surface area (Å²) in [5.41, 5.74) is 4.76. The maximum absolute atomic E-state index is 12.6. The van der Waals surface area contributed by atoms with Crippen LogP contribution >= 0.6 is 15.9 Å². The number of carbonyl (C=O) groups is 1. The fraction of sp³-hybridized carbons (Fsp3) is 0.143. The molecule has 0 aliphatic rings. The summed E-state index contributed by atoms with van der Waals surface area (Å²) < 4.78 is 0.720. The highest BCUT2D eigenvalue weighted by Gasteiger charge is 2.18. The number of benzene rings is 1. The summed E-state index contributed by atoms with van der Waals surface area (Å²) in [7, 11) is 1.72. The number of nitrogens with one attached hydrogen (secondary N) is 1. The van der Waals surface area contributed by atoms with Crippen molar-refractivity contribution in [2.24, 2.45) is 5.84 Å². The van der Waals surface area contributed by atoms with Crippen LogP contribution in [0, 0.1) is 6.92 Å². The monoisotopic (exact) mass is 334 g/mol. The average molecular weight is 335 g/mol. The number of hydrogen-bond donors (Lipinski definition) is 2. The van der Waals surface area contributed by atoms with Crippen molar-refractivity contribution in [1.82, 2.24) is 4.98 Å². The van der Waals surface area contributed by atoms with Crippen molar-refractivity contribution in [2.45, 2.75) is 6.92 Å². The first kappa shape index (κ1) is 14.5. The second-order valence-electron chi connectivity index (χ2n) is 4.40. The number of rotatable bonds is 3. The van der Waals surface area contributed by atoms with Gasteiger partial charge in [0, 0.05) is 23.4 Å². The molecule has 0 radical (unpaired) electrons. The first-order chi connectivity index (χ1) is 9.52. The van der Waals surface area contributed by atoms with E-state index in [4.69, 9.17) is 5.84 Å². The van der Waals surface area contributed by atoms with Crippen LogP contribution in [-0.4, -0.2) is 17.9 Å². The highest BCUT2D eigenvalue weighted by molar-refractivity contribution is 9.10. The largest absolute Gasteiger partial charge is 0.311 e. The minimum Gasteiger partial charge on any atom is -0.311 e. The van der Waals surface area contributed by atoms with Crippen molar-refractivity contribution in [2.75, 3.05) is 17.4 Å². The minimum atomic E-state index is -0.183. The molecule has 1 aromatic heterocycles. The van der Waals surface area contributed by atoms with Gasteiger partial charge in [-0.15, -0.1) is 0 Å². The highest BCUT2D eigenvalue weighted by atomic mass is 79.9. The van der Waals surface area contributed by atoms with Gasteiger partial charge in [0.15, 0.2) is 5.82 Å². The van der Waals surface area contributed by atoms with Crippen LogP contribution in [0.4, 0.5) is 11.5 Å². The van der Waals surface area contributed by atoms with Crippen LogP contribution in [0.25, 0.3) is 0 Å². The zero-order chi connectivity index (χ0) is 14.7. The normalized spacial score (nSPS) is 10.2. The van der Waals surface area contributed by atoms with Gasteiger partial charge in [-0.05, 0) is 46.6 Å². The molecular formula is C14H15BrN4O. The van der Waals surface area contributed by atoms with Crippen LogP contribution in [-0.2, 0) is 0 Å². The second kappa shape index (κ2) is 6.02. The second-order valence-corrected chi connectivity index (χ2v) is 5.31. The van der Waals surface area contributed by atoms with Crippen molar-refractivity contribution in [3.63, 3.8) is 0 Å². The minimum absolute atomic E-state index is 0.183. The lowest BCUT2D eigenvalue weighted by atomic mass is 10.2. The number of carbonyl (C=O) groups excluding carboxylic acids is 1. The van der Waals surface area contributed by atoms with Gasteiger partial charge in [0.25, 0.3) is 5.91 Å². The Hall–Kier alpha value is -1.92. The Morgan fingerprint density at radius 1 is 1.40 bits per heavy atom. The Labute approximate surface area is 125 Å². The maximum Gasteiger partial charge on any atom is 0.261 e. The van der Waals surface area contributed by atoms with Crippen LogP contribution in [0.2, 0.25) is 0 Å². The van der Waals surface area contributed by atoms with E-state index in [1.807, 2.05) is 31.2 Å². The van der Waals surface area contributed by atoms with Gasteiger partial charge in [-0.25, -0.2) is 10.8 Å². The zero-order valence-electron chi connectivity index (χ0n) is 11.2. The summed E-state index contributed by atoms with van der Waals surface area (Å²) >= 11 is 3.31. The van der Waals surface area contributed by atoms with Crippen molar-refractivity contribution in [3.05, 3.63) is 52.1 Å². The van der Waals surface area contributed by atoms with E-state index in [1.54, 1.807) is 24.2 Å². The van der Waals surface area contributed by atoms with E-state index in [1.165, 1.54) is 0 Å². The van der Waals surface area contributed by atoms with Gasteiger partial charge >= 0.3 is 0 Å². The quantitative estimate of drug-likeness (QED) is 0.668. The van der Waals surface area contributed by atoms with E-state index in [2.05, 4.69) is 26.3 Å². The topological polar surface area (TPSA) is 71.2 Å². The summed E-state index contributed by atoms with van der Waals surface area (Å²) in [6.45, 7) is 1.98. The molecule has 0 aliphatic heterocycles. The molecule has 1 aromatic carbocycles. The van der Waals surface area contributed by atoms with Gasteiger partial charge in [-0.2, -0.15) is 0 Å². The number of amides is 1. The molecule has 2 aromatic rings. The van der Waals surface area contributed by atoms with Gasteiger partial charge in [-0.3, -0.25) is 4.79 Å². The molecule has 0 unspecified atom stereocenters. The summed E-state index contributed by atoms with van der Waals surface area (Å²) in [6.07, 6.45) is 1.58. The number of pyridine rings is 1. The predicted molar refractivity (Wildman–Crippen MR) is 83.7 cm³/mol. The summed E-state index contributed by atoms with van der Waals surface area (Å²) in [6, 6.07) is 9.41. The Balaban J connectivity index is 2.38. The number of nitrogens with zero attached hydrogens (tertiary/aromatic N) is 2. The fourth-order valence-corrected chi connectivity index (χ4v) is 2.18. The highest BCUT2D eigenvalue weighted by Crippen LogP contribution is 2.22. The van der Waals surface area contributed by atoms with Gasteiger partial charge in [0.1, 0.15) is 0 Å². The number of nitrogens with two attached hydrogens (primary N) is 1. The van der Waals surface area contributed by atoms with Gasteiger partial charge < -0.3 is 10.3 Å². The predicted octanol–water partition coefficient (Wildman–Crippen LogP) is 2.71. The maximum atomic E-state index is 12.6. The van der Waals surface area contributed by atoms with Crippen molar-refractivity contribution in [3.8, 4) is 0 Å². The SMILES string of the molecule is Cc1cccc(N(C)C(=O)c2cc(Br)cnc2NN)c1. The molecule has 0 aliphatic carbocycles. The molecule has 1 heterocycles. The number of hydrogen-bond acceptors (Lipinski definition) is 4. The Morgan fingerprint density at radius 2 is 2.15 bits per heavy atom. The Bertz CT molecular complexity index is 645. The first-order valence-corrected chi connectivity index (χ1v) is 6.79. The molecule has 0 bridgehead atoms. The van der Waals surface area contributed by atoms with Crippen LogP contribution in [0.1, 0.15) is 15.9 Å². The van der Waals surface area contributed by atoms with Crippen molar-refractivity contribution >= 4 is 33.3 Å². The molecule has 0 saturated carbocycles. The van der Waals surface area contributed by atoms with Crippen molar-refractivity contribution < 1.29 is 4.79 Å². The fourth-order valence-electron chi connectivity index (χ4n) is 1.85. The molecule has 6 heteroatoms. The molecule has 0 atom stereocenters. The van der Waals surface area contributed by atoms with E-state index >= 15 is 0 Å². The van der Waals surface area contributed by atoms with Crippen LogP contribution in [0.15, 0.2) is 41.0 Å². The van der Waals surface area contributed by atoms with Crippen LogP contribution in [0.5, 0.6) is 0 Å². The third-order valence-corrected chi connectivity index (χ3v) is 3.35. The molecular weight excluding hydrogens is 320 g/mol. The molecule has 3 N–H and O–H groups in total. The Kier molecular flexibility index (Phi) is 4.36. The molecule has 0 fully saturated rings. The smallest absolute Gasteiger partial charge is 0.261 e. The molecule has 5 nitrogen and oxygen atoms in total. The van der Waals surface area contributed by atoms with E-state index < -0.39 is 0 Å². The third kappa shape index (κ3) is 2.97. The summed E-state index contributed by atoms with van der Waals surface area (Å²) in [5, 5.41) is 0. The zero-order valence-corrected chi connectivity index (χ0v) is 12.8. The first-order valence-electron chi connectivity index (χ1n) is 6.00. The van der Waals surface area contributed by atoms with Gasteiger partial charge in [0.2, 0.25) is 0 Å². The lowest BCUT2D eigenvalue weighted by Gasteiger charge is -2.19. The van der Waals surface area contributed by atoms with E-state index in [-0.39, 0.29) is 5.91 Å². The summed E-state index contributed by atoms with van der Waals surface area (Å²) in [4.78, 5) is 18.2. The lowest BCUT2D eigenvalue weighted by molar-refractivity contribution is 0.0993. The summed E-state index contributed by atoms with van der Waals surface area (Å²) in [5.74, 6) is 5.56. The molecule has 0 spiro atoms. The molecule has 104 valence electrons. The Morgan fingerprint density at radius 3 is 2.80 bits per heavy atom. The number of aromatic nitrogens is 1. The molecule has 2 rings (SSSR count). The number of nitrogen functional groups attached to an aromatic ring is 1. The van der Waals surface area contributed by atoms with Gasteiger partial charge in [-0.1, -0.05) is 12.1 Å². The van der Waals surface area contributed by atoms with Crippen LogP contribution in [0.3, 0.4) is 0 Å². The van der Waals surface area contributed by atoms with E-state index in [0.717, 1.165) is 15.7 Å². The molecule has 0 saturated heterocycles. The van der Waals surface area contributed by atoms with E-state index in [0.29, 0.717) is 11.4 Å². The third-order valence-electron chi connectivity index (χ3n) is 2.92. The molecule has 20 heavy (non-hydrogen) atoms. The number of hydrazine groups is 1. The van der Waals surface area contributed by atoms with Gasteiger partial charge in [0.05, 0.1) is 5.56 Å². The standard InChI is InChI=1S/C14H15BrN4O/c1-9-4-3-5-11(6-9)19(2)14(20)12-7-10(15)8-17-13(12)18-16/h3-8H,16H2,1-2H3,(H,17,18). The number of halogens is 1. The van der Waals surface area contributed by atoms with E-state index in [9.17, 15) is 4.79 Å². The van der Waals surface area contributed by atoms with Crippen LogP contribution < -0.4 is 16.2 Å². The average Bonchev–Trinajstić information content (AvgIpc) is 2.45. The number of aryl methyl sites for hydroxylation is 1. The number of anilines is 2. The lowest BCUT2D eigenvalue weighted by Crippen LogP contribution is -2.28.